The summed E-state index contributed by atoms with van der Waals surface area (Å²) < 4.78 is 9.14. The molecule has 4 nitrogen and oxygen atoms in total. The van der Waals surface area contributed by atoms with Crippen LogP contribution >= 0.6 is 22.6 Å². The van der Waals surface area contributed by atoms with Gasteiger partial charge in [0, 0.05) is 23.2 Å². The van der Waals surface area contributed by atoms with Gasteiger partial charge >= 0.3 is 0 Å². The van der Waals surface area contributed by atoms with Gasteiger partial charge in [-0.3, -0.25) is 0 Å². The van der Waals surface area contributed by atoms with Crippen LogP contribution < -0.4 is 5.32 Å². The monoisotopic (exact) mass is 439 g/mol. The van der Waals surface area contributed by atoms with Crippen molar-refractivity contribution in [2.75, 3.05) is 32.6 Å². The molecule has 1 aliphatic carbocycles. The lowest BCUT2D eigenvalue weighted by molar-refractivity contribution is -0.0223. The second-order valence-corrected chi connectivity index (χ2v) is 8.49. The van der Waals surface area contributed by atoms with Crippen molar-refractivity contribution in [2.24, 2.45) is 0 Å². The van der Waals surface area contributed by atoms with Crippen molar-refractivity contribution in [2.45, 2.75) is 43.8 Å². The molecule has 2 aliphatic rings. The zero-order valence-corrected chi connectivity index (χ0v) is 16.6. The lowest BCUT2D eigenvalue weighted by Crippen LogP contribution is -2.36. The summed E-state index contributed by atoms with van der Waals surface area (Å²) in [5, 5.41) is 5.18. The molecule has 0 spiro atoms. The first-order valence-electron chi connectivity index (χ1n) is 8.93. The summed E-state index contributed by atoms with van der Waals surface area (Å²) in [4.78, 5) is 2.38. The number of fused-ring (bicyclic) bond motifs is 1. The smallest absolute Gasteiger partial charge is 0.0814 e. The highest BCUT2D eigenvalue weighted by Gasteiger charge is 2.26. The Labute approximate surface area is 157 Å². The van der Waals surface area contributed by atoms with E-state index in [0.717, 1.165) is 19.3 Å². The Bertz CT molecular complexity index is 715. The van der Waals surface area contributed by atoms with Crippen LogP contribution in [0.4, 0.5) is 5.69 Å². The van der Waals surface area contributed by atoms with Crippen LogP contribution in [-0.4, -0.2) is 48.9 Å². The number of nitrogens with zero attached hydrogens (tertiary/aromatic N) is 2. The number of benzene rings is 1. The van der Waals surface area contributed by atoms with E-state index in [-0.39, 0.29) is 0 Å². The fourth-order valence-corrected chi connectivity index (χ4v) is 5.01. The van der Waals surface area contributed by atoms with Gasteiger partial charge in [0.15, 0.2) is 0 Å². The van der Waals surface area contributed by atoms with E-state index in [1.54, 1.807) is 0 Å². The maximum atomic E-state index is 5.40. The van der Waals surface area contributed by atoms with Gasteiger partial charge in [0.05, 0.1) is 28.5 Å². The molecule has 0 atom stereocenters. The standard InChI is InChI=1S/C19H26IN3O/c1-22(2)14-8-6-13(7-9-14)21-17-4-3-5-18-16(17)10-19(20)23(18)15-11-24-12-15/h3-5,10,13-15,21H,6-9,11-12H2,1-2H3. The Morgan fingerprint density at radius 1 is 1.17 bits per heavy atom. The first-order chi connectivity index (χ1) is 11.6. The number of nitrogens with one attached hydrogen (secondary N) is 1. The maximum Gasteiger partial charge on any atom is 0.0814 e. The molecule has 5 heteroatoms. The Morgan fingerprint density at radius 3 is 2.54 bits per heavy atom. The number of ether oxygens (including phenoxy) is 1. The van der Waals surface area contributed by atoms with Gasteiger partial charge in [-0.05, 0) is 80.6 Å². The Hall–Kier alpha value is -0.790. The van der Waals surface area contributed by atoms with Gasteiger partial charge in [-0.25, -0.2) is 0 Å². The third-order valence-electron chi connectivity index (χ3n) is 5.61. The molecule has 0 unspecified atom stereocenters. The van der Waals surface area contributed by atoms with Crippen LogP contribution in [0.2, 0.25) is 0 Å². The first kappa shape index (κ1) is 16.7. The summed E-state index contributed by atoms with van der Waals surface area (Å²) >= 11 is 2.46. The van der Waals surface area contributed by atoms with Crippen molar-refractivity contribution >= 4 is 39.2 Å². The number of anilines is 1. The molecule has 1 saturated carbocycles. The van der Waals surface area contributed by atoms with E-state index in [2.05, 4.69) is 75.7 Å². The highest BCUT2D eigenvalue weighted by Crippen LogP contribution is 2.34. The zero-order chi connectivity index (χ0) is 16.7. The van der Waals surface area contributed by atoms with Crippen molar-refractivity contribution in [3.63, 3.8) is 0 Å². The molecular formula is C19H26IN3O. The van der Waals surface area contributed by atoms with Gasteiger partial charge in [-0.15, -0.1) is 0 Å². The molecule has 1 N–H and O–H groups in total. The number of halogens is 1. The Kier molecular flexibility index (Phi) is 4.75. The molecule has 1 aliphatic heterocycles. The third kappa shape index (κ3) is 3.06. The summed E-state index contributed by atoms with van der Waals surface area (Å²) in [6.07, 6.45) is 5.10. The van der Waals surface area contributed by atoms with Gasteiger partial charge in [0.25, 0.3) is 0 Å². The lowest BCUT2D eigenvalue weighted by atomic mass is 9.90. The van der Waals surface area contributed by atoms with E-state index in [1.165, 1.54) is 46.0 Å². The van der Waals surface area contributed by atoms with Crippen molar-refractivity contribution in [3.05, 3.63) is 28.0 Å². The minimum atomic E-state index is 0.500. The highest BCUT2D eigenvalue weighted by atomic mass is 127. The van der Waals surface area contributed by atoms with Gasteiger partial charge in [-0.2, -0.15) is 0 Å². The molecule has 1 aromatic heterocycles. The Balaban J connectivity index is 1.55. The van der Waals surface area contributed by atoms with Crippen LogP contribution in [0, 0.1) is 3.70 Å². The van der Waals surface area contributed by atoms with Crippen molar-refractivity contribution in [3.8, 4) is 0 Å². The number of aromatic nitrogens is 1. The summed E-state index contributed by atoms with van der Waals surface area (Å²) in [6, 6.07) is 10.8. The fraction of sp³-hybridized carbons (Fsp3) is 0.579. The molecule has 24 heavy (non-hydrogen) atoms. The molecule has 1 saturated heterocycles. The number of hydrogen-bond donors (Lipinski definition) is 1. The van der Waals surface area contributed by atoms with Gasteiger partial charge < -0.3 is 19.5 Å². The van der Waals surface area contributed by atoms with E-state index in [9.17, 15) is 0 Å². The summed E-state index contributed by atoms with van der Waals surface area (Å²) in [5.74, 6) is 0. The van der Waals surface area contributed by atoms with E-state index in [1.807, 2.05) is 0 Å². The third-order valence-corrected chi connectivity index (χ3v) is 6.44. The Morgan fingerprint density at radius 2 is 1.92 bits per heavy atom. The molecule has 2 aromatic rings. The topological polar surface area (TPSA) is 29.4 Å². The predicted molar refractivity (Wildman–Crippen MR) is 108 cm³/mol. The predicted octanol–water partition coefficient (Wildman–Crippen LogP) is 4.10. The highest BCUT2D eigenvalue weighted by molar-refractivity contribution is 14.1. The van der Waals surface area contributed by atoms with Crippen LogP contribution in [0.25, 0.3) is 10.9 Å². The summed E-state index contributed by atoms with van der Waals surface area (Å²) in [7, 11) is 4.40. The average molecular weight is 439 g/mol. The molecule has 4 rings (SSSR count). The van der Waals surface area contributed by atoms with Crippen LogP contribution in [0.15, 0.2) is 24.3 Å². The van der Waals surface area contributed by atoms with Gasteiger partial charge in [0.2, 0.25) is 0 Å². The van der Waals surface area contributed by atoms with E-state index >= 15 is 0 Å². The summed E-state index contributed by atoms with van der Waals surface area (Å²) in [5.41, 5.74) is 2.62. The number of hydrogen-bond acceptors (Lipinski definition) is 3. The van der Waals surface area contributed by atoms with E-state index < -0.39 is 0 Å². The second kappa shape index (κ2) is 6.84. The second-order valence-electron chi connectivity index (χ2n) is 7.38. The van der Waals surface area contributed by atoms with Crippen LogP contribution in [0.5, 0.6) is 0 Å². The van der Waals surface area contributed by atoms with Gasteiger partial charge in [0.1, 0.15) is 0 Å². The minimum Gasteiger partial charge on any atom is -0.382 e. The van der Waals surface area contributed by atoms with Crippen LogP contribution in [0.3, 0.4) is 0 Å². The fourth-order valence-electron chi connectivity index (χ4n) is 4.04. The molecule has 0 amide bonds. The minimum absolute atomic E-state index is 0.500. The first-order valence-corrected chi connectivity index (χ1v) is 10.0. The molecule has 2 heterocycles. The number of rotatable bonds is 4. The maximum absolute atomic E-state index is 5.40. The average Bonchev–Trinajstić information content (AvgIpc) is 2.84. The van der Waals surface area contributed by atoms with Crippen molar-refractivity contribution in [1.29, 1.82) is 0 Å². The molecule has 130 valence electrons. The van der Waals surface area contributed by atoms with Gasteiger partial charge in [-0.1, -0.05) is 6.07 Å². The zero-order valence-electron chi connectivity index (χ0n) is 14.5. The SMILES string of the molecule is CN(C)C1CCC(Nc2cccc3c2cc(I)n3C2COC2)CC1. The summed E-state index contributed by atoms with van der Waals surface area (Å²) in [6.45, 7) is 1.68. The molecule has 1 aromatic carbocycles. The molecule has 0 radical (unpaired) electrons. The normalized spacial score (nSPS) is 25.2. The largest absolute Gasteiger partial charge is 0.382 e. The van der Waals surface area contributed by atoms with Crippen molar-refractivity contribution in [1.82, 2.24) is 9.47 Å². The van der Waals surface area contributed by atoms with Crippen LogP contribution in [-0.2, 0) is 4.74 Å². The molecular weight excluding hydrogens is 413 g/mol. The van der Waals surface area contributed by atoms with E-state index in [0.29, 0.717) is 12.1 Å². The van der Waals surface area contributed by atoms with E-state index in [4.69, 9.17) is 4.74 Å². The van der Waals surface area contributed by atoms with Crippen molar-refractivity contribution < 1.29 is 4.74 Å². The van der Waals surface area contributed by atoms with Crippen LogP contribution in [0.1, 0.15) is 31.7 Å². The molecule has 2 fully saturated rings. The molecule has 0 bridgehead atoms. The lowest BCUT2D eigenvalue weighted by Gasteiger charge is -2.33. The quantitative estimate of drug-likeness (QED) is 0.728.